The van der Waals surface area contributed by atoms with E-state index in [2.05, 4.69) is 13.0 Å². The number of carbonyl (C=O) groups excluding carboxylic acids is 1. The second-order valence-corrected chi connectivity index (χ2v) is 6.66. The molecule has 5 heteroatoms. The van der Waals surface area contributed by atoms with Crippen molar-refractivity contribution in [2.24, 2.45) is 0 Å². The molecule has 2 aromatic rings. The van der Waals surface area contributed by atoms with Gasteiger partial charge in [0.25, 0.3) is 5.91 Å². The fourth-order valence-corrected chi connectivity index (χ4v) is 4.23. The minimum Gasteiger partial charge on any atom is -0.488 e. The van der Waals surface area contributed by atoms with Crippen LogP contribution in [0, 0.1) is 6.92 Å². The summed E-state index contributed by atoms with van der Waals surface area (Å²) >= 11 is 1.58. The molecule has 114 valence electrons. The molecule has 1 aromatic heterocycles. The lowest BCUT2D eigenvalue weighted by atomic mass is 10.0. The van der Waals surface area contributed by atoms with Gasteiger partial charge in [0.05, 0.1) is 18.1 Å². The first-order valence-electron chi connectivity index (χ1n) is 7.46. The molecule has 0 unspecified atom stereocenters. The van der Waals surface area contributed by atoms with E-state index in [4.69, 9.17) is 9.47 Å². The molecule has 1 saturated heterocycles. The monoisotopic (exact) mass is 315 g/mol. The second-order valence-electron chi connectivity index (χ2n) is 5.61. The number of nitrogens with zero attached hydrogens (tertiary/aromatic N) is 1. The number of ether oxygens (including phenoxy) is 2. The molecule has 2 aliphatic rings. The minimum atomic E-state index is 0.109. The summed E-state index contributed by atoms with van der Waals surface area (Å²) in [4.78, 5) is 16.5. The minimum absolute atomic E-state index is 0.109. The third-order valence-electron chi connectivity index (χ3n) is 4.16. The topological polar surface area (TPSA) is 38.8 Å². The normalized spacial score (nSPS) is 16.7. The Morgan fingerprint density at radius 2 is 2.09 bits per heavy atom. The van der Waals surface area contributed by atoms with Crippen LogP contribution in [0.15, 0.2) is 24.3 Å². The van der Waals surface area contributed by atoms with Crippen molar-refractivity contribution < 1.29 is 14.3 Å². The lowest BCUT2D eigenvalue weighted by molar-refractivity contribution is 0.0306. The van der Waals surface area contributed by atoms with Crippen LogP contribution in [0.4, 0.5) is 0 Å². The number of carbonyl (C=O) groups is 1. The van der Waals surface area contributed by atoms with Gasteiger partial charge in [0, 0.05) is 29.1 Å². The van der Waals surface area contributed by atoms with Gasteiger partial charge in [-0.15, -0.1) is 11.3 Å². The predicted octanol–water partition coefficient (Wildman–Crippen LogP) is 3.09. The van der Waals surface area contributed by atoms with E-state index in [-0.39, 0.29) is 5.91 Å². The Balaban J connectivity index is 1.71. The molecule has 0 bridgehead atoms. The van der Waals surface area contributed by atoms with E-state index in [0.29, 0.717) is 32.9 Å². The van der Waals surface area contributed by atoms with Crippen molar-refractivity contribution in [3.05, 3.63) is 40.3 Å². The summed E-state index contributed by atoms with van der Waals surface area (Å²) in [5.41, 5.74) is 3.43. The molecule has 1 fully saturated rings. The Morgan fingerprint density at radius 3 is 2.91 bits per heavy atom. The van der Waals surface area contributed by atoms with E-state index in [0.717, 1.165) is 21.8 Å². The van der Waals surface area contributed by atoms with Gasteiger partial charge in [0.1, 0.15) is 12.4 Å². The van der Waals surface area contributed by atoms with Gasteiger partial charge in [-0.2, -0.15) is 0 Å². The molecule has 0 radical (unpaired) electrons. The van der Waals surface area contributed by atoms with Crippen molar-refractivity contribution in [3.8, 4) is 16.2 Å². The van der Waals surface area contributed by atoms with E-state index in [1.807, 2.05) is 23.1 Å². The maximum absolute atomic E-state index is 12.7. The van der Waals surface area contributed by atoms with Crippen LogP contribution in [-0.2, 0) is 11.3 Å². The van der Waals surface area contributed by atoms with Crippen LogP contribution >= 0.6 is 11.3 Å². The van der Waals surface area contributed by atoms with Crippen LogP contribution in [-0.4, -0.2) is 37.1 Å². The number of rotatable bonds is 1. The molecule has 1 aromatic carbocycles. The summed E-state index contributed by atoms with van der Waals surface area (Å²) in [6, 6.07) is 8.08. The largest absolute Gasteiger partial charge is 0.488 e. The highest BCUT2D eigenvalue weighted by molar-refractivity contribution is 7.17. The lowest BCUT2D eigenvalue weighted by Gasteiger charge is -2.26. The van der Waals surface area contributed by atoms with Gasteiger partial charge in [-0.1, -0.05) is 12.1 Å². The highest BCUT2D eigenvalue weighted by atomic mass is 32.1. The number of hydrogen-bond acceptors (Lipinski definition) is 4. The molecule has 4 nitrogen and oxygen atoms in total. The van der Waals surface area contributed by atoms with E-state index >= 15 is 0 Å². The van der Waals surface area contributed by atoms with Crippen LogP contribution in [0.25, 0.3) is 10.4 Å². The smallest absolute Gasteiger partial charge is 0.264 e. The van der Waals surface area contributed by atoms with E-state index < -0.39 is 0 Å². The van der Waals surface area contributed by atoms with Crippen molar-refractivity contribution in [1.82, 2.24) is 4.90 Å². The fraction of sp³-hybridized carbons (Fsp3) is 0.353. The maximum atomic E-state index is 12.7. The Kier molecular flexibility index (Phi) is 3.39. The number of amides is 1. The number of benzene rings is 1. The zero-order valence-corrected chi connectivity index (χ0v) is 13.2. The van der Waals surface area contributed by atoms with Crippen LogP contribution in [0.2, 0.25) is 0 Å². The zero-order valence-electron chi connectivity index (χ0n) is 12.4. The molecule has 1 amide bonds. The third kappa shape index (κ3) is 2.21. The molecule has 22 heavy (non-hydrogen) atoms. The van der Waals surface area contributed by atoms with Gasteiger partial charge < -0.3 is 14.4 Å². The molecule has 0 spiro atoms. The first-order valence-corrected chi connectivity index (χ1v) is 8.28. The zero-order chi connectivity index (χ0) is 15.1. The summed E-state index contributed by atoms with van der Waals surface area (Å²) in [7, 11) is 0. The Hall–Kier alpha value is -1.85. The number of fused-ring (bicyclic) bond motifs is 3. The average molecular weight is 315 g/mol. The van der Waals surface area contributed by atoms with Gasteiger partial charge in [-0.3, -0.25) is 4.79 Å². The van der Waals surface area contributed by atoms with Crippen molar-refractivity contribution in [2.75, 3.05) is 26.3 Å². The number of thiophene rings is 1. The molecule has 0 aliphatic carbocycles. The van der Waals surface area contributed by atoms with Gasteiger partial charge in [-0.05, 0) is 24.6 Å². The number of hydrogen-bond donors (Lipinski definition) is 0. The fourth-order valence-electron chi connectivity index (χ4n) is 2.98. The van der Waals surface area contributed by atoms with Gasteiger partial charge >= 0.3 is 0 Å². The molecular formula is C17H17NO3S. The highest BCUT2D eigenvalue weighted by Gasteiger charge is 2.26. The Labute approximate surface area is 133 Å². The summed E-state index contributed by atoms with van der Waals surface area (Å²) in [5, 5.41) is 0. The third-order valence-corrected chi connectivity index (χ3v) is 5.35. The van der Waals surface area contributed by atoms with Crippen LogP contribution < -0.4 is 4.74 Å². The first kappa shape index (κ1) is 13.8. The maximum Gasteiger partial charge on any atom is 0.264 e. The molecule has 3 heterocycles. The summed E-state index contributed by atoms with van der Waals surface area (Å²) in [6.07, 6.45) is 0. The molecule has 0 atom stereocenters. The Bertz CT molecular complexity index is 732. The molecule has 0 N–H and O–H groups in total. The molecular weight excluding hydrogens is 298 g/mol. The summed E-state index contributed by atoms with van der Waals surface area (Å²) < 4.78 is 11.1. The van der Waals surface area contributed by atoms with Crippen molar-refractivity contribution in [1.29, 1.82) is 0 Å². The lowest BCUT2D eigenvalue weighted by Crippen LogP contribution is -2.40. The van der Waals surface area contributed by atoms with E-state index in [1.165, 1.54) is 10.4 Å². The summed E-state index contributed by atoms with van der Waals surface area (Å²) in [6.45, 7) is 5.23. The Morgan fingerprint density at radius 1 is 1.27 bits per heavy atom. The van der Waals surface area contributed by atoms with E-state index in [9.17, 15) is 4.79 Å². The van der Waals surface area contributed by atoms with Crippen molar-refractivity contribution >= 4 is 17.2 Å². The number of morpholine rings is 1. The van der Waals surface area contributed by atoms with Gasteiger partial charge in [0.15, 0.2) is 0 Å². The van der Waals surface area contributed by atoms with Crippen LogP contribution in [0.3, 0.4) is 0 Å². The van der Waals surface area contributed by atoms with Crippen LogP contribution in [0.5, 0.6) is 5.75 Å². The quantitative estimate of drug-likeness (QED) is 0.812. The van der Waals surface area contributed by atoms with Gasteiger partial charge in [-0.25, -0.2) is 0 Å². The molecule has 4 rings (SSSR count). The van der Waals surface area contributed by atoms with Crippen LogP contribution in [0.1, 0.15) is 20.8 Å². The molecule has 2 aliphatic heterocycles. The average Bonchev–Trinajstić information content (AvgIpc) is 2.99. The SMILES string of the molecule is Cc1cccc2c1-c1sc(C(=O)N3CCOCC3)cc1CO2. The number of aryl methyl sites for hydroxylation is 1. The van der Waals surface area contributed by atoms with E-state index in [1.54, 1.807) is 11.3 Å². The molecule has 0 saturated carbocycles. The predicted molar refractivity (Wildman–Crippen MR) is 85.5 cm³/mol. The van der Waals surface area contributed by atoms with Crippen molar-refractivity contribution in [2.45, 2.75) is 13.5 Å². The highest BCUT2D eigenvalue weighted by Crippen LogP contribution is 2.44. The standard InChI is InChI=1S/C17H17NO3S/c1-11-3-2-4-13-15(11)16-12(10-21-13)9-14(22-16)17(19)18-5-7-20-8-6-18/h2-4,9H,5-8,10H2,1H3. The summed E-state index contributed by atoms with van der Waals surface area (Å²) in [5.74, 6) is 1.03. The van der Waals surface area contributed by atoms with Gasteiger partial charge in [0.2, 0.25) is 0 Å². The second kappa shape index (κ2) is 5.41. The first-order chi connectivity index (χ1) is 10.7. The van der Waals surface area contributed by atoms with Crippen molar-refractivity contribution in [3.63, 3.8) is 0 Å².